The van der Waals surface area contributed by atoms with Gasteiger partial charge in [-0.25, -0.2) is 9.59 Å². The second kappa shape index (κ2) is 22.8. The van der Waals surface area contributed by atoms with Crippen molar-refractivity contribution in [2.45, 2.75) is 183 Å². The average molecular weight is 990 g/mol. The van der Waals surface area contributed by atoms with E-state index in [1.165, 1.54) is 50.0 Å². The van der Waals surface area contributed by atoms with E-state index in [9.17, 15) is 19.2 Å². The summed E-state index contributed by atoms with van der Waals surface area (Å²) in [6.45, 7) is 25.7. The molecule has 3 heterocycles. The fraction of sp³-hybridized carbons (Fsp3) is 0.672. The van der Waals surface area contributed by atoms with E-state index in [2.05, 4.69) is 98.5 Å². The summed E-state index contributed by atoms with van der Waals surface area (Å²) in [5, 5.41) is 1.34. The molecule has 2 aliphatic heterocycles. The summed E-state index contributed by atoms with van der Waals surface area (Å²) in [4.78, 5) is 60.4. The lowest BCUT2D eigenvalue weighted by molar-refractivity contribution is -0.140. The van der Waals surface area contributed by atoms with Crippen LogP contribution in [-0.2, 0) is 39.0 Å². The van der Waals surface area contributed by atoms with Gasteiger partial charge in [0.2, 0.25) is 11.8 Å². The fourth-order valence-electron chi connectivity index (χ4n) is 12.9. The van der Waals surface area contributed by atoms with Gasteiger partial charge in [-0.3, -0.25) is 9.59 Å². The topological polar surface area (TPSA) is 105 Å². The van der Waals surface area contributed by atoms with Crippen LogP contribution in [0.5, 0.6) is 0 Å². The molecule has 0 radical (unpaired) electrons. The van der Waals surface area contributed by atoms with Crippen LogP contribution < -0.4 is 0 Å². The van der Waals surface area contributed by atoms with E-state index in [1.54, 1.807) is 9.80 Å². The van der Waals surface area contributed by atoms with E-state index >= 15 is 0 Å². The largest absolute Gasteiger partial charge is 0.444 e. The first-order chi connectivity index (χ1) is 33.9. The monoisotopic (exact) mass is 990 g/mol. The van der Waals surface area contributed by atoms with Gasteiger partial charge in [-0.05, 0) is 195 Å². The van der Waals surface area contributed by atoms with Crippen molar-refractivity contribution in [2.24, 2.45) is 42.6 Å². The molecule has 2 atom stereocenters. The SMILES string of the molecule is CC(C)CC1c2c(c3ccccc3n2C)CCN1C(=O)C1CCC(CN(C)C(=O)OC(C)(C)C)CC1.Cc1cccc2c1C1=C(C2)C(CC(C)C)N(C(=O)C2CCC(CN(C)C(=O)OC(C)(C)C)CC2)CC1. The maximum atomic E-state index is 13.9. The number of nitrogens with zero attached hydrogens (tertiary/aromatic N) is 5. The fourth-order valence-corrected chi connectivity index (χ4v) is 12.9. The molecular weight excluding hydrogens is 899 g/mol. The molecule has 4 amide bonds. The molecule has 2 saturated carbocycles. The summed E-state index contributed by atoms with van der Waals surface area (Å²) in [7, 11) is 5.80. The molecule has 2 aromatic carbocycles. The van der Waals surface area contributed by atoms with Gasteiger partial charge in [0, 0.05) is 75.8 Å². The van der Waals surface area contributed by atoms with Gasteiger partial charge in [0.1, 0.15) is 11.2 Å². The molecule has 11 heteroatoms. The molecule has 2 unspecified atom stereocenters. The Kier molecular flexibility index (Phi) is 17.4. The van der Waals surface area contributed by atoms with Crippen molar-refractivity contribution in [1.29, 1.82) is 0 Å². The predicted octanol–water partition coefficient (Wildman–Crippen LogP) is 12.9. The van der Waals surface area contributed by atoms with Crippen molar-refractivity contribution >= 4 is 40.5 Å². The number of hydrogen-bond acceptors (Lipinski definition) is 6. The van der Waals surface area contributed by atoms with E-state index in [4.69, 9.17) is 9.47 Å². The molecule has 1 aromatic heterocycles. The number of fused-ring (bicyclic) bond motifs is 5. The van der Waals surface area contributed by atoms with E-state index < -0.39 is 11.2 Å². The first kappa shape index (κ1) is 55.0. The van der Waals surface area contributed by atoms with E-state index in [0.29, 0.717) is 48.6 Å². The Morgan fingerprint density at radius 1 is 0.653 bits per heavy atom. The van der Waals surface area contributed by atoms with Gasteiger partial charge < -0.3 is 33.6 Å². The highest BCUT2D eigenvalue weighted by Crippen LogP contribution is 2.46. The first-order valence-electron chi connectivity index (χ1n) is 27.8. The van der Waals surface area contributed by atoms with Crippen LogP contribution in [0.3, 0.4) is 0 Å². The number of rotatable bonds is 10. The van der Waals surface area contributed by atoms with Crippen LogP contribution in [0.15, 0.2) is 48.0 Å². The van der Waals surface area contributed by atoms with E-state index in [0.717, 1.165) is 96.6 Å². The minimum Gasteiger partial charge on any atom is -0.444 e. The number of carbonyl (C=O) groups is 4. The van der Waals surface area contributed by atoms with Crippen LogP contribution in [0.4, 0.5) is 9.59 Å². The van der Waals surface area contributed by atoms with Crippen molar-refractivity contribution in [3.8, 4) is 0 Å². The highest BCUT2D eigenvalue weighted by Gasteiger charge is 2.42. The van der Waals surface area contributed by atoms with Crippen LogP contribution in [0.1, 0.15) is 174 Å². The van der Waals surface area contributed by atoms with Crippen LogP contribution in [0, 0.1) is 42.4 Å². The molecule has 0 saturated heterocycles. The maximum Gasteiger partial charge on any atom is 0.410 e. The second-order valence-electron chi connectivity index (χ2n) is 25.2. The molecule has 2 fully saturated rings. The van der Waals surface area contributed by atoms with Crippen LogP contribution >= 0.6 is 0 Å². The lowest BCUT2D eigenvalue weighted by Gasteiger charge is -2.41. The number of amides is 4. The van der Waals surface area contributed by atoms with Crippen molar-refractivity contribution in [1.82, 2.24) is 24.2 Å². The summed E-state index contributed by atoms with van der Waals surface area (Å²) in [5.74, 6) is 2.78. The van der Waals surface area contributed by atoms with Crippen LogP contribution in [0.2, 0.25) is 0 Å². The Balaban J connectivity index is 0.000000211. The van der Waals surface area contributed by atoms with Crippen molar-refractivity contribution in [3.63, 3.8) is 0 Å². The summed E-state index contributed by atoms with van der Waals surface area (Å²) in [6.07, 6.45) is 12.0. The van der Waals surface area contributed by atoms with Crippen molar-refractivity contribution < 1.29 is 28.7 Å². The highest BCUT2D eigenvalue weighted by molar-refractivity contribution is 5.88. The van der Waals surface area contributed by atoms with Crippen molar-refractivity contribution in [3.05, 3.63) is 76.0 Å². The number of carbonyl (C=O) groups excluding carboxylic acids is 4. The molecule has 3 aliphatic carbocycles. The predicted molar refractivity (Wildman–Crippen MR) is 291 cm³/mol. The Labute approximate surface area is 433 Å². The normalized spacial score (nSPS) is 23.3. The standard InChI is InChI=1S/C31H46N2O3.C30H45N3O3/c1-20(2)17-27-26-18-24-10-8-9-21(3)28(24)25(26)15-16-33(27)29(34)23-13-11-22(12-14-23)19-32(7)30(35)36-31(4,5)6;1-20(2)18-26-27-24(23-10-8-9-11-25(23)32(27)7)16-17-33(26)28(34)22-14-12-21(13-15-22)19-31(6)29(35)36-30(3,4)5/h8-10,20,22-23,27H,11-19H2,1-7H3;8-11,20-22,26H,12-19H2,1-7H3. The average Bonchev–Trinajstić information content (AvgIpc) is 3.84. The zero-order valence-corrected chi connectivity index (χ0v) is 46.9. The molecule has 0 spiro atoms. The zero-order chi connectivity index (χ0) is 52.4. The van der Waals surface area contributed by atoms with Gasteiger partial charge in [0.05, 0.1) is 12.1 Å². The molecule has 0 bridgehead atoms. The lowest BCUT2D eigenvalue weighted by Crippen LogP contribution is -2.48. The third kappa shape index (κ3) is 12.9. The number of para-hydroxylation sites is 1. The number of ether oxygens (including phenoxy) is 2. The number of hydrogen-bond donors (Lipinski definition) is 0. The number of aromatic nitrogens is 1. The van der Waals surface area contributed by atoms with E-state index in [-0.39, 0.29) is 36.1 Å². The highest BCUT2D eigenvalue weighted by atomic mass is 16.6. The van der Waals surface area contributed by atoms with Gasteiger partial charge in [0.25, 0.3) is 0 Å². The van der Waals surface area contributed by atoms with Gasteiger partial charge in [0.15, 0.2) is 0 Å². The Hall–Kier alpha value is -4.80. The third-order valence-electron chi connectivity index (χ3n) is 16.2. The van der Waals surface area contributed by atoms with Crippen molar-refractivity contribution in [2.75, 3.05) is 40.3 Å². The molecule has 3 aromatic rings. The molecule has 11 nitrogen and oxygen atoms in total. The molecule has 8 rings (SSSR count). The molecule has 0 N–H and O–H groups in total. The summed E-state index contributed by atoms with van der Waals surface area (Å²) in [5.41, 5.74) is 10.3. The minimum absolute atomic E-state index is 0.0824. The van der Waals surface area contributed by atoms with Crippen LogP contribution in [0.25, 0.3) is 16.5 Å². The Morgan fingerprint density at radius 2 is 1.14 bits per heavy atom. The summed E-state index contributed by atoms with van der Waals surface area (Å²) >= 11 is 0. The summed E-state index contributed by atoms with van der Waals surface area (Å²) < 4.78 is 13.4. The summed E-state index contributed by atoms with van der Waals surface area (Å²) in [6, 6.07) is 15.7. The number of aryl methyl sites for hydroxylation is 2. The third-order valence-corrected chi connectivity index (χ3v) is 16.2. The second-order valence-corrected chi connectivity index (χ2v) is 25.2. The quantitative estimate of drug-likeness (QED) is 0.200. The number of benzene rings is 2. The minimum atomic E-state index is -0.486. The molecule has 72 heavy (non-hydrogen) atoms. The lowest BCUT2D eigenvalue weighted by atomic mass is 9.79. The molecular formula is C61H91N5O6. The molecule has 5 aliphatic rings. The Morgan fingerprint density at radius 3 is 1.65 bits per heavy atom. The van der Waals surface area contributed by atoms with Gasteiger partial charge >= 0.3 is 12.2 Å². The first-order valence-corrected chi connectivity index (χ1v) is 27.8. The van der Waals surface area contributed by atoms with E-state index in [1.807, 2.05) is 55.6 Å². The van der Waals surface area contributed by atoms with Gasteiger partial charge in [-0.15, -0.1) is 0 Å². The smallest absolute Gasteiger partial charge is 0.410 e. The van der Waals surface area contributed by atoms with Gasteiger partial charge in [-0.2, -0.15) is 0 Å². The zero-order valence-electron chi connectivity index (χ0n) is 46.9. The van der Waals surface area contributed by atoms with Gasteiger partial charge in [-0.1, -0.05) is 64.1 Å². The maximum absolute atomic E-state index is 13.9. The van der Waals surface area contributed by atoms with Crippen LogP contribution in [-0.4, -0.2) is 106 Å². The Bertz CT molecular complexity index is 2440. The molecule has 396 valence electrons.